The Bertz CT molecular complexity index is 704. The van der Waals surface area contributed by atoms with Crippen molar-refractivity contribution in [2.24, 2.45) is 7.05 Å². The Hall–Kier alpha value is -2.08. The fourth-order valence-corrected chi connectivity index (χ4v) is 2.74. The van der Waals surface area contributed by atoms with Crippen molar-refractivity contribution in [3.05, 3.63) is 36.2 Å². The fourth-order valence-electron chi connectivity index (χ4n) is 1.85. The van der Waals surface area contributed by atoms with Gasteiger partial charge >= 0.3 is 0 Å². The fraction of sp³-hybridized carbons (Fsp3) is 0.231. The summed E-state index contributed by atoms with van der Waals surface area (Å²) in [6, 6.07) is 7.89. The third kappa shape index (κ3) is 2.39. The molecule has 3 rings (SSSR count). The predicted octanol–water partition coefficient (Wildman–Crippen LogP) is 2.65. The van der Waals surface area contributed by atoms with Gasteiger partial charge in [-0.05, 0) is 24.3 Å². The van der Waals surface area contributed by atoms with Gasteiger partial charge in [-0.1, -0.05) is 11.3 Å². The van der Waals surface area contributed by atoms with Gasteiger partial charge in [-0.3, -0.25) is 4.68 Å². The second kappa shape index (κ2) is 4.89. The van der Waals surface area contributed by atoms with Crippen LogP contribution in [0, 0.1) is 0 Å². The topological polar surface area (TPSA) is 52.0 Å². The van der Waals surface area contributed by atoms with Crippen LogP contribution in [0.5, 0.6) is 5.75 Å². The Morgan fingerprint density at radius 1 is 1.37 bits per heavy atom. The first-order valence-electron chi connectivity index (χ1n) is 5.91. The van der Waals surface area contributed by atoms with E-state index in [0.29, 0.717) is 6.54 Å². The lowest BCUT2D eigenvalue weighted by Gasteiger charge is -2.02. The van der Waals surface area contributed by atoms with Crippen LogP contribution in [0.3, 0.4) is 0 Å². The molecule has 5 nitrogen and oxygen atoms in total. The number of rotatable bonds is 4. The van der Waals surface area contributed by atoms with Crippen molar-refractivity contribution < 1.29 is 4.74 Å². The van der Waals surface area contributed by atoms with Crippen LogP contribution in [0.1, 0.15) is 5.69 Å². The summed E-state index contributed by atoms with van der Waals surface area (Å²) in [4.78, 5) is 4.54. The lowest BCUT2D eigenvalue weighted by molar-refractivity contribution is 0.415. The summed E-state index contributed by atoms with van der Waals surface area (Å²) in [5.41, 5.74) is 2.11. The molecule has 0 aliphatic heterocycles. The number of nitrogens with zero attached hydrogens (tertiary/aromatic N) is 3. The Kier molecular flexibility index (Phi) is 3.08. The molecule has 0 aliphatic rings. The smallest absolute Gasteiger partial charge is 0.184 e. The minimum absolute atomic E-state index is 0.716. The number of ether oxygens (including phenoxy) is 1. The van der Waals surface area contributed by atoms with E-state index in [1.54, 1.807) is 24.6 Å². The molecule has 98 valence electrons. The maximum absolute atomic E-state index is 5.21. The first-order valence-corrected chi connectivity index (χ1v) is 6.73. The predicted molar refractivity (Wildman–Crippen MR) is 76.7 cm³/mol. The van der Waals surface area contributed by atoms with Gasteiger partial charge < -0.3 is 10.1 Å². The molecule has 1 N–H and O–H groups in total. The van der Waals surface area contributed by atoms with Crippen molar-refractivity contribution >= 4 is 26.7 Å². The zero-order chi connectivity index (χ0) is 13.2. The number of nitrogens with one attached hydrogen (secondary N) is 1. The van der Waals surface area contributed by atoms with Crippen molar-refractivity contribution in [1.82, 2.24) is 14.8 Å². The highest BCUT2D eigenvalue weighted by Gasteiger charge is 2.05. The molecule has 6 heteroatoms. The molecule has 1 aromatic carbocycles. The van der Waals surface area contributed by atoms with Crippen molar-refractivity contribution in [2.75, 3.05) is 12.4 Å². The van der Waals surface area contributed by atoms with Gasteiger partial charge in [0.15, 0.2) is 5.13 Å². The zero-order valence-electron chi connectivity index (χ0n) is 10.8. The Morgan fingerprint density at radius 3 is 3.00 bits per heavy atom. The molecule has 2 aromatic heterocycles. The molecule has 0 unspecified atom stereocenters. The summed E-state index contributed by atoms with van der Waals surface area (Å²) in [6.07, 6.45) is 1.79. The molecule has 0 saturated heterocycles. The van der Waals surface area contributed by atoms with Gasteiger partial charge in [-0.2, -0.15) is 5.10 Å². The Morgan fingerprint density at radius 2 is 2.26 bits per heavy atom. The summed E-state index contributed by atoms with van der Waals surface area (Å²) in [5.74, 6) is 0.856. The van der Waals surface area contributed by atoms with Crippen LogP contribution in [-0.4, -0.2) is 21.9 Å². The summed E-state index contributed by atoms with van der Waals surface area (Å²) in [6.45, 7) is 0.716. The van der Waals surface area contributed by atoms with Crippen LogP contribution >= 0.6 is 11.3 Å². The van der Waals surface area contributed by atoms with Crippen molar-refractivity contribution in [1.29, 1.82) is 0 Å². The molecular formula is C13H14N4OS. The lowest BCUT2D eigenvalue weighted by Crippen LogP contribution is -2.04. The second-order valence-electron chi connectivity index (χ2n) is 4.15. The van der Waals surface area contributed by atoms with E-state index in [-0.39, 0.29) is 0 Å². The number of hydrogen-bond acceptors (Lipinski definition) is 5. The third-order valence-corrected chi connectivity index (χ3v) is 3.91. The molecule has 0 amide bonds. The highest BCUT2D eigenvalue weighted by Crippen LogP contribution is 2.29. The molecule has 0 atom stereocenters. The highest BCUT2D eigenvalue weighted by molar-refractivity contribution is 7.22. The van der Waals surface area contributed by atoms with Gasteiger partial charge in [0.25, 0.3) is 0 Å². The average molecular weight is 274 g/mol. The second-order valence-corrected chi connectivity index (χ2v) is 5.18. The van der Waals surface area contributed by atoms with Gasteiger partial charge in [-0.25, -0.2) is 4.98 Å². The van der Waals surface area contributed by atoms with E-state index < -0.39 is 0 Å². The van der Waals surface area contributed by atoms with Crippen LogP contribution in [0.4, 0.5) is 5.13 Å². The molecule has 19 heavy (non-hydrogen) atoms. The minimum Gasteiger partial charge on any atom is -0.497 e. The maximum Gasteiger partial charge on any atom is 0.184 e. The zero-order valence-corrected chi connectivity index (χ0v) is 11.6. The SMILES string of the molecule is COc1ccc2nc(NCc3ccnn3C)sc2c1. The summed E-state index contributed by atoms with van der Waals surface area (Å²) >= 11 is 1.62. The summed E-state index contributed by atoms with van der Waals surface area (Å²) < 4.78 is 8.18. The number of aromatic nitrogens is 3. The molecule has 0 aliphatic carbocycles. The third-order valence-electron chi connectivity index (χ3n) is 2.94. The van der Waals surface area contributed by atoms with Crippen molar-refractivity contribution in [3.63, 3.8) is 0 Å². The average Bonchev–Trinajstić information content (AvgIpc) is 3.01. The monoisotopic (exact) mass is 274 g/mol. The molecule has 0 bridgehead atoms. The van der Waals surface area contributed by atoms with Gasteiger partial charge in [0.1, 0.15) is 5.75 Å². The number of benzene rings is 1. The Balaban J connectivity index is 1.80. The molecule has 0 radical (unpaired) electrons. The van der Waals surface area contributed by atoms with E-state index in [9.17, 15) is 0 Å². The molecule has 0 fully saturated rings. The number of thiazole rings is 1. The summed E-state index contributed by atoms with van der Waals surface area (Å²) in [5, 5.41) is 8.36. The van der Waals surface area contributed by atoms with Crippen LogP contribution in [-0.2, 0) is 13.6 Å². The van der Waals surface area contributed by atoms with Crippen LogP contribution < -0.4 is 10.1 Å². The van der Waals surface area contributed by atoms with Crippen LogP contribution in [0.15, 0.2) is 30.5 Å². The first-order chi connectivity index (χ1) is 9.26. The molecule has 0 saturated carbocycles. The van der Waals surface area contributed by atoms with E-state index in [1.807, 2.05) is 36.0 Å². The minimum atomic E-state index is 0.716. The van der Waals surface area contributed by atoms with E-state index in [4.69, 9.17) is 4.74 Å². The van der Waals surface area contributed by atoms with Crippen LogP contribution in [0.2, 0.25) is 0 Å². The van der Waals surface area contributed by atoms with Crippen molar-refractivity contribution in [3.8, 4) is 5.75 Å². The van der Waals surface area contributed by atoms with Crippen LogP contribution in [0.25, 0.3) is 10.2 Å². The van der Waals surface area contributed by atoms with Gasteiger partial charge in [0, 0.05) is 13.2 Å². The van der Waals surface area contributed by atoms with E-state index >= 15 is 0 Å². The molecular weight excluding hydrogens is 260 g/mol. The molecule has 2 heterocycles. The maximum atomic E-state index is 5.21. The van der Waals surface area contributed by atoms with Gasteiger partial charge in [-0.15, -0.1) is 0 Å². The number of methoxy groups -OCH3 is 1. The van der Waals surface area contributed by atoms with Gasteiger partial charge in [0.2, 0.25) is 0 Å². The lowest BCUT2D eigenvalue weighted by atomic mass is 10.3. The standard InChI is InChI=1S/C13H14N4OS/c1-17-9(5-6-15-17)8-14-13-16-11-4-3-10(18-2)7-12(11)19-13/h3-7H,8H2,1-2H3,(H,14,16). The number of fused-ring (bicyclic) bond motifs is 1. The largest absolute Gasteiger partial charge is 0.497 e. The number of hydrogen-bond donors (Lipinski definition) is 1. The normalized spacial score (nSPS) is 10.8. The molecule has 0 spiro atoms. The van der Waals surface area contributed by atoms with E-state index in [1.165, 1.54) is 0 Å². The quantitative estimate of drug-likeness (QED) is 0.794. The van der Waals surface area contributed by atoms with E-state index in [0.717, 1.165) is 26.8 Å². The molecule has 3 aromatic rings. The van der Waals surface area contributed by atoms with E-state index in [2.05, 4.69) is 15.4 Å². The van der Waals surface area contributed by atoms with Crippen molar-refractivity contribution in [2.45, 2.75) is 6.54 Å². The number of aryl methyl sites for hydroxylation is 1. The number of anilines is 1. The highest BCUT2D eigenvalue weighted by atomic mass is 32.1. The van der Waals surface area contributed by atoms with Gasteiger partial charge in [0.05, 0.1) is 29.6 Å². The first kappa shape index (κ1) is 12.0. The summed E-state index contributed by atoms with van der Waals surface area (Å²) in [7, 11) is 3.60. The Labute approximate surface area is 114 Å².